The highest BCUT2D eigenvalue weighted by Crippen LogP contribution is 2.16. The predicted octanol–water partition coefficient (Wildman–Crippen LogP) is 2.79. The van der Waals surface area contributed by atoms with E-state index < -0.39 is 5.91 Å². The molecule has 0 saturated heterocycles. The van der Waals surface area contributed by atoms with Crippen LogP contribution in [0.4, 0.5) is 5.69 Å². The van der Waals surface area contributed by atoms with Crippen LogP contribution in [0.15, 0.2) is 61.0 Å². The Bertz CT molecular complexity index is 757. The van der Waals surface area contributed by atoms with Gasteiger partial charge in [-0.3, -0.25) is 19.9 Å². The highest BCUT2D eigenvalue weighted by molar-refractivity contribution is 7.11. The smallest absolute Gasteiger partial charge is 0.253 e. The number of carbonyl (C=O) groups excluding carboxylic acids is 2. The van der Waals surface area contributed by atoms with Gasteiger partial charge < -0.3 is 10.6 Å². The highest BCUT2D eigenvalue weighted by atomic mass is 32.1. The molecule has 0 unspecified atom stereocenters. The lowest BCUT2D eigenvalue weighted by Crippen LogP contribution is -2.27. The van der Waals surface area contributed by atoms with Crippen LogP contribution in [0.25, 0.3) is 5.70 Å². The van der Waals surface area contributed by atoms with Gasteiger partial charge in [0.1, 0.15) is 0 Å². The molecule has 2 aromatic rings. The zero-order valence-electron chi connectivity index (χ0n) is 13.6. The summed E-state index contributed by atoms with van der Waals surface area (Å²) < 4.78 is 0. The van der Waals surface area contributed by atoms with Crippen LogP contribution in [0, 0.1) is 0 Å². The number of benzene rings is 1. The second-order valence-electron chi connectivity index (χ2n) is 4.94. The van der Waals surface area contributed by atoms with Gasteiger partial charge in [0.2, 0.25) is 0 Å². The number of carbonyl (C=O) groups is 2. The number of hydrogen-bond acceptors (Lipinski definition) is 5. The molecule has 0 saturated carbocycles. The fourth-order valence-corrected chi connectivity index (χ4v) is 2.57. The minimum absolute atomic E-state index is 0.229. The van der Waals surface area contributed by atoms with E-state index in [0.717, 1.165) is 4.88 Å². The van der Waals surface area contributed by atoms with E-state index in [1.54, 1.807) is 30.3 Å². The van der Waals surface area contributed by atoms with Gasteiger partial charge in [-0.05, 0) is 23.6 Å². The van der Waals surface area contributed by atoms with E-state index in [1.165, 1.54) is 11.3 Å². The average molecular weight is 357 g/mol. The predicted molar refractivity (Wildman–Crippen MR) is 100 cm³/mol. The molecule has 130 valence electrons. The summed E-state index contributed by atoms with van der Waals surface area (Å²) in [4.78, 5) is 30.2. The van der Waals surface area contributed by atoms with E-state index in [1.807, 2.05) is 17.5 Å². The van der Waals surface area contributed by atoms with Gasteiger partial charge in [-0.1, -0.05) is 30.9 Å². The molecule has 1 heterocycles. The second-order valence-corrected chi connectivity index (χ2v) is 5.89. The number of nitrogens with one attached hydrogen (secondary N) is 3. The maximum absolute atomic E-state index is 12.1. The lowest BCUT2D eigenvalue weighted by molar-refractivity contribution is -0.122. The summed E-state index contributed by atoms with van der Waals surface area (Å²) in [6.07, 6.45) is 1.58. The summed E-state index contributed by atoms with van der Waals surface area (Å²) >= 11 is 1.51. The van der Waals surface area contributed by atoms with Gasteiger partial charge in [0.05, 0.1) is 21.8 Å². The summed E-state index contributed by atoms with van der Waals surface area (Å²) in [5, 5.41) is 7.25. The molecule has 7 heteroatoms. The number of para-hydroxylation sites is 1. The van der Waals surface area contributed by atoms with Gasteiger partial charge >= 0.3 is 0 Å². The second kappa shape index (κ2) is 9.41. The first-order valence-corrected chi connectivity index (χ1v) is 8.38. The Morgan fingerprint density at radius 1 is 1.20 bits per heavy atom. The first kappa shape index (κ1) is 18.4. The van der Waals surface area contributed by atoms with Gasteiger partial charge in [0.15, 0.2) is 6.61 Å². The Hall–Kier alpha value is -2.90. The van der Waals surface area contributed by atoms with Crippen LogP contribution in [0.5, 0.6) is 0 Å². The van der Waals surface area contributed by atoms with Crippen LogP contribution >= 0.6 is 11.3 Å². The van der Waals surface area contributed by atoms with Gasteiger partial charge in [-0.25, -0.2) is 0 Å². The molecule has 0 fully saturated rings. The van der Waals surface area contributed by atoms with Crippen LogP contribution in [0.2, 0.25) is 0 Å². The normalized spacial score (nSPS) is 9.92. The zero-order chi connectivity index (χ0) is 18.1. The summed E-state index contributed by atoms with van der Waals surface area (Å²) in [5.74, 6) is -0.684. The Balaban J connectivity index is 1.87. The average Bonchev–Trinajstić information content (AvgIpc) is 3.14. The van der Waals surface area contributed by atoms with Crippen LogP contribution in [0.3, 0.4) is 0 Å². The van der Waals surface area contributed by atoms with Crippen molar-refractivity contribution >= 4 is 34.5 Å². The molecular formula is C18H19N3O3S. The number of anilines is 1. The lowest BCUT2D eigenvalue weighted by Gasteiger charge is -2.12. The van der Waals surface area contributed by atoms with Crippen molar-refractivity contribution in [3.8, 4) is 0 Å². The standard InChI is InChI=1S/C18H19N3O3S/c1-3-10-19-18(23)14-7-4-5-8-15(14)20-17(22)12-24-21-13(2)16-9-6-11-25-16/h3-9,11,21H,1-2,10,12H2,(H,19,23)(H,20,22). The van der Waals surface area contributed by atoms with Crippen LogP contribution in [-0.2, 0) is 9.63 Å². The first-order valence-electron chi connectivity index (χ1n) is 7.50. The molecular weight excluding hydrogens is 338 g/mol. The fourth-order valence-electron chi connectivity index (χ4n) is 1.93. The molecule has 3 N–H and O–H groups in total. The number of rotatable bonds is 9. The van der Waals surface area contributed by atoms with E-state index in [-0.39, 0.29) is 12.5 Å². The highest BCUT2D eigenvalue weighted by Gasteiger charge is 2.12. The molecule has 0 spiro atoms. The Kier molecular flexibility index (Phi) is 6.94. The number of hydrogen-bond donors (Lipinski definition) is 3. The Labute approximate surface area is 150 Å². The van der Waals surface area contributed by atoms with Crippen molar-refractivity contribution in [2.24, 2.45) is 0 Å². The lowest BCUT2D eigenvalue weighted by atomic mass is 10.1. The summed E-state index contributed by atoms with van der Waals surface area (Å²) in [7, 11) is 0. The molecule has 0 radical (unpaired) electrons. The van der Waals surface area contributed by atoms with E-state index in [4.69, 9.17) is 4.84 Å². The quantitative estimate of drug-likeness (QED) is 0.476. The molecule has 1 aromatic carbocycles. The third-order valence-corrected chi connectivity index (χ3v) is 4.00. The maximum Gasteiger partial charge on any atom is 0.253 e. The van der Waals surface area contributed by atoms with Crippen LogP contribution < -0.4 is 16.1 Å². The molecule has 0 aliphatic carbocycles. The van der Waals surface area contributed by atoms with Crippen LogP contribution in [0.1, 0.15) is 15.2 Å². The number of thiophene rings is 1. The molecule has 6 nitrogen and oxygen atoms in total. The SMILES string of the molecule is C=CCNC(=O)c1ccccc1NC(=O)CONC(=C)c1cccs1. The van der Waals surface area contributed by atoms with Crippen molar-refractivity contribution in [3.05, 3.63) is 71.5 Å². The molecule has 0 bridgehead atoms. The Morgan fingerprint density at radius 2 is 2.00 bits per heavy atom. The third-order valence-electron chi connectivity index (χ3n) is 3.07. The van der Waals surface area contributed by atoms with Gasteiger partial charge in [-0.15, -0.1) is 17.9 Å². The minimum atomic E-state index is -0.393. The van der Waals surface area contributed by atoms with Crippen LogP contribution in [-0.4, -0.2) is 25.0 Å². The number of hydroxylamine groups is 1. The molecule has 2 amide bonds. The number of amides is 2. The Morgan fingerprint density at radius 3 is 2.72 bits per heavy atom. The molecule has 2 rings (SSSR count). The topological polar surface area (TPSA) is 79.5 Å². The molecule has 0 aliphatic heterocycles. The van der Waals surface area contributed by atoms with E-state index in [0.29, 0.717) is 23.5 Å². The summed E-state index contributed by atoms with van der Waals surface area (Å²) in [6.45, 7) is 7.49. The van der Waals surface area contributed by atoms with Gasteiger partial charge in [0, 0.05) is 6.54 Å². The molecule has 25 heavy (non-hydrogen) atoms. The largest absolute Gasteiger partial charge is 0.349 e. The minimum Gasteiger partial charge on any atom is -0.349 e. The van der Waals surface area contributed by atoms with Crippen molar-refractivity contribution in [3.63, 3.8) is 0 Å². The van der Waals surface area contributed by atoms with Crippen molar-refractivity contribution < 1.29 is 14.4 Å². The van der Waals surface area contributed by atoms with E-state index >= 15 is 0 Å². The molecule has 0 atom stereocenters. The maximum atomic E-state index is 12.1. The summed E-state index contributed by atoms with van der Waals surface area (Å²) in [6, 6.07) is 10.5. The van der Waals surface area contributed by atoms with Crippen molar-refractivity contribution in [1.82, 2.24) is 10.8 Å². The first-order chi connectivity index (χ1) is 12.1. The van der Waals surface area contributed by atoms with Gasteiger partial charge in [0.25, 0.3) is 11.8 Å². The van der Waals surface area contributed by atoms with Gasteiger partial charge in [-0.2, -0.15) is 0 Å². The monoisotopic (exact) mass is 357 g/mol. The van der Waals surface area contributed by atoms with Crippen molar-refractivity contribution in [2.75, 3.05) is 18.5 Å². The fraction of sp³-hybridized carbons (Fsp3) is 0.111. The zero-order valence-corrected chi connectivity index (χ0v) is 14.4. The molecule has 1 aromatic heterocycles. The molecule has 0 aliphatic rings. The third kappa shape index (κ3) is 5.59. The van der Waals surface area contributed by atoms with Crippen molar-refractivity contribution in [2.45, 2.75) is 0 Å². The van der Waals surface area contributed by atoms with Crippen molar-refractivity contribution in [1.29, 1.82) is 0 Å². The summed E-state index contributed by atoms with van der Waals surface area (Å²) in [5.41, 5.74) is 3.99. The van der Waals surface area contributed by atoms with E-state index in [2.05, 4.69) is 29.3 Å². The van der Waals surface area contributed by atoms with E-state index in [9.17, 15) is 9.59 Å².